The molecule has 6 aromatic heterocycles. The molecule has 0 N–H and O–H groups in total. The van der Waals surface area contributed by atoms with Crippen molar-refractivity contribution in [3.63, 3.8) is 0 Å². The van der Waals surface area contributed by atoms with Gasteiger partial charge in [-0.25, -0.2) is 18.3 Å². The van der Waals surface area contributed by atoms with Crippen LogP contribution in [0.3, 0.4) is 0 Å². The molecule has 0 aliphatic carbocycles. The van der Waals surface area contributed by atoms with Crippen molar-refractivity contribution >= 4 is 104 Å². The number of fused-ring (bicyclic) bond motifs is 6. The summed E-state index contributed by atoms with van der Waals surface area (Å²) in [6.45, 7) is 0. The molecule has 6 amide bonds. The molecule has 18 rings (SSSR count). The number of ketones is 6. The first-order valence-corrected chi connectivity index (χ1v) is 35.0. The lowest BCUT2D eigenvalue weighted by Crippen LogP contribution is -2.37. The molecule has 0 saturated carbocycles. The molecule has 12 heterocycles. The van der Waals surface area contributed by atoms with Gasteiger partial charge in [0.15, 0.2) is 49.6 Å². The molecule has 6 aromatic carbocycles. The van der Waals surface area contributed by atoms with Gasteiger partial charge in [-0.1, -0.05) is 72.8 Å². The molecule has 6 aliphatic heterocycles. The fourth-order valence-electron chi connectivity index (χ4n) is 14.1. The fourth-order valence-corrected chi connectivity index (χ4v) is 14.1. The topological polar surface area (TPSA) is 266 Å². The average Bonchev–Trinajstić information content (AvgIpc) is 1.57. The van der Waals surface area contributed by atoms with Crippen molar-refractivity contribution in [2.24, 2.45) is 28.2 Å². The minimum absolute atomic E-state index is 0.138. The van der Waals surface area contributed by atoms with Crippen LogP contribution >= 0.6 is 0 Å². The predicted octanol–water partition coefficient (Wildman–Crippen LogP) is 9.94. The summed E-state index contributed by atoms with van der Waals surface area (Å²) in [4.78, 5) is 182. The van der Waals surface area contributed by atoms with E-state index in [0.29, 0.717) is 56.4 Å². The number of aryl methyl sites for hydroxylation is 4. The van der Waals surface area contributed by atoms with Crippen molar-refractivity contribution in [3.05, 3.63) is 394 Å². The van der Waals surface area contributed by atoms with E-state index in [1.165, 1.54) is 78.5 Å². The third-order valence-corrected chi connectivity index (χ3v) is 19.6. The Bertz CT molecular complexity index is 5590. The number of anilines is 6. The monoisotopic (exact) mass is 1480 g/mol. The Morgan fingerprint density at radius 1 is 0.214 bits per heavy atom. The molecule has 0 bridgehead atoms. The molecule has 0 atom stereocenters. The Balaban J connectivity index is 0.000000127. The van der Waals surface area contributed by atoms with E-state index >= 15 is 0 Å². The molecule has 0 fully saturated rings. The summed E-state index contributed by atoms with van der Waals surface area (Å²) >= 11 is 0. The van der Waals surface area contributed by atoms with Crippen molar-refractivity contribution in [1.29, 1.82) is 0 Å². The number of amides is 6. The highest BCUT2D eigenvalue weighted by Crippen LogP contribution is 2.48. The molecule has 0 unspecified atom stereocenters. The molecule has 12 aromatic rings. The highest BCUT2D eigenvalue weighted by molar-refractivity contribution is 6.39. The Labute approximate surface area is 638 Å². The zero-order valence-electron chi connectivity index (χ0n) is 60.0. The second-order valence-corrected chi connectivity index (χ2v) is 26.5. The van der Waals surface area contributed by atoms with Gasteiger partial charge < -0.3 is 0 Å². The number of carbonyl (C=O) groups is 12. The lowest BCUT2D eigenvalue weighted by molar-refractivity contribution is -0.671. The van der Waals surface area contributed by atoms with Gasteiger partial charge in [-0.3, -0.25) is 96.9 Å². The number of allylic oxidation sites excluding steroid dienone is 6. The van der Waals surface area contributed by atoms with Crippen molar-refractivity contribution in [2.45, 2.75) is 0 Å². The van der Waals surface area contributed by atoms with E-state index in [9.17, 15) is 57.5 Å². The highest BCUT2D eigenvalue weighted by Gasteiger charge is 2.51. The number of hydrogen-bond donors (Lipinski definition) is 0. The Morgan fingerprint density at radius 3 is 0.518 bits per heavy atom. The number of rotatable bonds is 6. The average molecular weight is 1480 g/mol. The maximum absolute atomic E-state index is 13.9. The van der Waals surface area contributed by atoms with E-state index in [0.717, 1.165) is 0 Å². The summed E-state index contributed by atoms with van der Waals surface area (Å²) in [7, 11) is 7.32. The minimum atomic E-state index is -0.517. The zero-order chi connectivity index (χ0) is 77.9. The van der Waals surface area contributed by atoms with Crippen LogP contribution in [0.2, 0.25) is 0 Å². The van der Waals surface area contributed by atoms with Crippen LogP contribution in [0.4, 0.5) is 34.1 Å². The van der Waals surface area contributed by atoms with Crippen LogP contribution in [0.15, 0.2) is 327 Å². The molecule has 0 saturated heterocycles. The van der Waals surface area contributed by atoms with Crippen molar-refractivity contribution < 1.29 is 75.8 Å². The van der Waals surface area contributed by atoms with Crippen LogP contribution in [-0.2, 0) is 28.2 Å². The number of carbonyl (C=O) groups excluding carboxylic acids is 12. The number of hydrogen-bond acceptors (Lipinski definition) is 14. The Kier molecular flexibility index (Phi) is 18.0. The van der Waals surface area contributed by atoms with E-state index < -0.39 is 70.1 Å². The normalized spacial score (nSPS) is 16.1. The summed E-state index contributed by atoms with van der Waals surface area (Å²) in [5.74, 6) is -5.96. The van der Waals surface area contributed by atoms with Gasteiger partial charge >= 0.3 is 0 Å². The number of Topliss-reactive ketones (excluding diaryl/α,β-unsaturated/α-hetero) is 6. The van der Waals surface area contributed by atoms with E-state index in [2.05, 4.69) is 9.97 Å². The largest absolute Gasteiger partial charge is 0.287 e. The summed E-state index contributed by atoms with van der Waals surface area (Å²) < 4.78 is 7.15. The Morgan fingerprint density at radius 2 is 0.357 bits per heavy atom. The first-order valence-electron chi connectivity index (χ1n) is 35.0. The second kappa shape index (κ2) is 28.5. The highest BCUT2D eigenvalue weighted by atomic mass is 16.2. The second-order valence-electron chi connectivity index (χ2n) is 26.5. The third-order valence-electron chi connectivity index (χ3n) is 19.6. The molecular formula is C88H60N12O12+4. The van der Waals surface area contributed by atoms with Gasteiger partial charge in [0.1, 0.15) is 62.4 Å². The van der Waals surface area contributed by atoms with Crippen molar-refractivity contribution in [2.75, 3.05) is 29.4 Å². The number of pyridine rings is 6. The van der Waals surface area contributed by atoms with Crippen LogP contribution in [0.1, 0.15) is 124 Å². The van der Waals surface area contributed by atoms with Crippen LogP contribution < -0.4 is 47.7 Å². The molecule has 6 aliphatic rings. The van der Waals surface area contributed by atoms with E-state index in [1.54, 1.807) is 262 Å². The number of nitrogens with zero attached hydrogens (tertiary/aromatic N) is 12. The number of aromatic nitrogens is 6. The third kappa shape index (κ3) is 11.9. The lowest BCUT2D eigenvalue weighted by Gasteiger charge is -2.24. The molecular weight excluding hydrogens is 1420 g/mol. The first kappa shape index (κ1) is 70.6. The first-order chi connectivity index (χ1) is 54.3. The van der Waals surface area contributed by atoms with Gasteiger partial charge in [0.05, 0.1) is 56.4 Å². The van der Waals surface area contributed by atoms with Crippen LogP contribution in [0, 0.1) is 0 Å². The van der Waals surface area contributed by atoms with Crippen molar-refractivity contribution in [3.8, 4) is 0 Å². The standard InChI is InChI=1S/2C30H22N4O4.C28H16N4O4/c2*1-31-15-11-19(12-16-31)29(37)33-23-9-5-3-7-21(23)27(35)25(33)26-28(36)22-8-4-6-10-24(22)34(26)30(38)20-13-17-32(2)18-14-20;33-25-19-5-1-3-7-21(19)31(27(35)17-9-13-29-14-10-17)23(25)24-26(34)20-6-2-4-8-22(20)32(24)28(36)18-11-15-30-16-12-18/h2*3-18H,1-2H3;1-16H/q2*+2;/b2*26-25+;24-23+. The summed E-state index contributed by atoms with van der Waals surface area (Å²) in [6, 6.07) is 59.4. The van der Waals surface area contributed by atoms with Gasteiger partial charge in [-0.2, -0.15) is 0 Å². The predicted molar refractivity (Wildman–Crippen MR) is 406 cm³/mol. The molecule has 0 radical (unpaired) electrons. The molecule has 24 nitrogen and oxygen atoms in total. The zero-order valence-corrected chi connectivity index (χ0v) is 60.0. The molecule has 24 heteroatoms. The van der Waals surface area contributed by atoms with Crippen LogP contribution in [-0.4, -0.2) is 80.1 Å². The molecule has 112 heavy (non-hydrogen) atoms. The minimum Gasteiger partial charge on any atom is -0.287 e. The Hall–Kier alpha value is -15.7. The van der Waals surface area contributed by atoms with Gasteiger partial charge in [-0.05, 0) is 97.1 Å². The number of benzene rings is 6. The summed E-state index contributed by atoms with van der Waals surface area (Å²) in [5, 5.41) is 0. The van der Waals surface area contributed by atoms with Gasteiger partial charge in [-0.15, -0.1) is 0 Å². The molecule has 540 valence electrons. The van der Waals surface area contributed by atoms with Gasteiger partial charge in [0, 0.05) is 118 Å². The van der Waals surface area contributed by atoms with E-state index in [-0.39, 0.29) is 78.7 Å². The van der Waals surface area contributed by atoms with E-state index in [1.807, 2.05) is 28.2 Å². The van der Waals surface area contributed by atoms with Gasteiger partial charge in [0.2, 0.25) is 34.7 Å². The van der Waals surface area contributed by atoms with Crippen LogP contribution in [0.25, 0.3) is 0 Å². The SMILES string of the molecule is C[n+]1ccc(C(=O)N2/C(=C3\C(=O)c4ccccc4N3C(=O)c3cc[n+](C)cc3)C(=O)c3ccccc32)cc1.C[n+]1ccc(C(=O)N2/C(=C3\C(=O)c4ccccc4N3C(=O)c3cc[n+](C)cc3)C(=O)c3ccccc32)cc1.O=C1/C(=C2/C(=O)c3ccccc3N2C(=O)c2ccncc2)N(C(=O)c2ccncc2)c2ccccc21. The van der Waals surface area contributed by atoms with Gasteiger partial charge in [0.25, 0.3) is 35.4 Å². The maximum Gasteiger partial charge on any atom is 0.263 e. The summed E-state index contributed by atoms with van der Waals surface area (Å²) in [6.07, 6.45) is 19.7. The van der Waals surface area contributed by atoms with E-state index in [4.69, 9.17) is 0 Å². The quantitative estimate of drug-likeness (QED) is 0.111. The smallest absolute Gasteiger partial charge is 0.263 e. The van der Waals surface area contributed by atoms with Crippen LogP contribution in [0.5, 0.6) is 0 Å². The maximum atomic E-state index is 13.9. The fraction of sp³-hybridized carbons (Fsp3) is 0.0455. The molecule has 0 spiro atoms. The summed E-state index contributed by atoms with van der Waals surface area (Å²) in [5.41, 5.74) is 4.82. The van der Waals surface area contributed by atoms with Crippen molar-refractivity contribution in [1.82, 2.24) is 9.97 Å². The lowest BCUT2D eigenvalue weighted by atomic mass is 10.1. The number of para-hydroxylation sites is 6.